The molecule has 0 spiro atoms. The van der Waals surface area contributed by atoms with Crippen LogP contribution in [-0.2, 0) is 20.6 Å². The van der Waals surface area contributed by atoms with E-state index in [1.165, 1.54) is 17.0 Å². The number of anilines is 2. The SMILES string of the molecule is Cc1ccc(N2C(=O)[C@@H]3[C@H](C2=O)[C@@H]2c4ccccc4C=CN2[C@H]3C(=O)Nc2cccc(C(F)(F)F)c2)c(C)c1. The molecule has 0 bridgehead atoms. The van der Waals surface area contributed by atoms with Gasteiger partial charge in [-0.25, -0.2) is 4.90 Å². The van der Waals surface area contributed by atoms with Crippen molar-refractivity contribution >= 4 is 35.2 Å². The summed E-state index contributed by atoms with van der Waals surface area (Å²) in [5, 5.41) is 2.58. The fourth-order valence-electron chi connectivity index (χ4n) is 6.14. The van der Waals surface area contributed by atoms with Crippen molar-refractivity contribution in [1.82, 2.24) is 4.90 Å². The summed E-state index contributed by atoms with van der Waals surface area (Å²) in [6.07, 6.45) is -1.07. The van der Waals surface area contributed by atoms with Crippen LogP contribution >= 0.6 is 0 Å². The second-order valence-electron chi connectivity index (χ2n) is 10.2. The van der Waals surface area contributed by atoms with E-state index in [1.807, 2.05) is 56.3 Å². The molecule has 2 fully saturated rings. The molecule has 3 aromatic carbocycles. The predicted octanol–water partition coefficient (Wildman–Crippen LogP) is 5.48. The van der Waals surface area contributed by atoms with Crippen LogP contribution < -0.4 is 10.2 Å². The van der Waals surface area contributed by atoms with Crippen LogP contribution in [0.3, 0.4) is 0 Å². The first-order chi connectivity index (χ1) is 18.6. The second-order valence-corrected chi connectivity index (χ2v) is 10.2. The lowest BCUT2D eigenvalue weighted by molar-refractivity contribution is -0.137. The molecule has 2 saturated heterocycles. The van der Waals surface area contributed by atoms with E-state index in [0.29, 0.717) is 5.69 Å². The summed E-state index contributed by atoms with van der Waals surface area (Å²) >= 11 is 0. The van der Waals surface area contributed by atoms with Gasteiger partial charge in [-0.3, -0.25) is 14.4 Å². The van der Waals surface area contributed by atoms with Crippen LogP contribution in [0.1, 0.15) is 33.9 Å². The normalized spacial score (nSPS) is 23.5. The number of aryl methyl sites for hydroxylation is 2. The standard InChI is InChI=1S/C30H24F3N3O3/c1-16-10-11-22(17(2)14-16)36-28(38)23-24(29(36)39)26(35-13-12-18-6-3-4-9-21(18)25(23)35)27(37)34-20-8-5-7-19(15-20)30(31,32)33/h3-15,23-26H,1-2H3,(H,34,37)/t23-,24+,25-,26+/m0/s1. The highest BCUT2D eigenvalue weighted by Crippen LogP contribution is 2.53. The Kier molecular flexibility index (Phi) is 5.64. The average molecular weight is 532 g/mol. The minimum atomic E-state index is -4.58. The minimum Gasteiger partial charge on any atom is -0.357 e. The number of amides is 3. The highest BCUT2D eigenvalue weighted by atomic mass is 19.4. The fraction of sp³-hybridized carbons (Fsp3) is 0.233. The van der Waals surface area contributed by atoms with Gasteiger partial charge >= 0.3 is 6.18 Å². The molecule has 1 N–H and O–H groups in total. The first-order valence-corrected chi connectivity index (χ1v) is 12.5. The molecule has 3 heterocycles. The maximum atomic E-state index is 14.0. The highest BCUT2D eigenvalue weighted by molar-refractivity contribution is 6.24. The summed E-state index contributed by atoms with van der Waals surface area (Å²) in [4.78, 5) is 44.6. The summed E-state index contributed by atoms with van der Waals surface area (Å²) < 4.78 is 39.8. The van der Waals surface area contributed by atoms with Gasteiger partial charge in [-0.05, 0) is 60.9 Å². The zero-order chi connectivity index (χ0) is 27.6. The molecular weight excluding hydrogens is 507 g/mol. The van der Waals surface area contributed by atoms with Gasteiger partial charge < -0.3 is 10.2 Å². The molecule has 3 aromatic rings. The number of nitrogens with one attached hydrogen (secondary N) is 1. The predicted molar refractivity (Wildman–Crippen MR) is 139 cm³/mol. The lowest BCUT2D eigenvalue weighted by Crippen LogP contribution is -2.46. The lowest BCUT2D eigenvalue weighted by Gasteiger charge is -2.35. The molecule has 39 heavy (non-hydrogen) atoms. The minimum absolute atomic E-state index is 0.0424. The van der Waals surface area contributed by atoms with E-state index in [4.69, 9.17) is 0 Å². The molecular formula is C30H24F3N3O3. The van der Waals surface area contributed by atoms with Crippen LogP contribution in [0.4, 0.5) is 24.5 Å². The van der Waals surface area contributed by atoms with Crippen molar-refractivity contribution in [2.24, 2.45) is 11.8 Å². The monoisotopic (exact) mass is 531 g/mol. The zero-order valence-electron chi connectivity index (χ0n) is 21.1. The van der Waals surface area contributed by atoms with Crippen molar-refractivity contribution in [3.05, 3.63) is 101 Å². The molecule has 0 radical (unpaired) electrons. The number of fused-ring (bicyclic) bond motifs is 5. The molecule has 3 amide bonds. The molecule has 9 heteroatoms. The van der Waals surface area contributed by atoms with E-state index < -0.39 is 53.4 Å². The van der Waals surface area contributed by atoms with E-state index in [-0.39, 0.29) is 5.69 Å². The number of nitrogens with zero attached hydrogens (tertiary/aromatic N) is 2. The van der Waals surface area contributed by atoms with Gasteiger partial charge in [-0.2, -0.15) is 13.2 Å². The third kappa shape index (κ3) is 3.91. The summed E-state index contributed by atoms with van der Waals surface area (Å²) in [5.74, 6) is -3.42. The Balaban J connectivity index is 1.43. The summed E-state index contributed by atoms with van der Waals surface area (Å²) in [7, 11) is 0. The van der Waals surface area contributed by atoms with Crippen LogP contribution in [-0.4, -0.2) is 28.7 Å². The Hall–Kier alpha value is -4.40. The van der Waals surface area contributed by atoms with Crippen LogP contribution in [0.5, 0.6) is 0 Å². The molecule has 6 nitrogen and oxygen atoms in total. The molecule has 3 aliphatic heterocycles. The number of carbonyl (C=O) groups excluding carboxylic acids is 3. The maximum absolute atomic E-state index is 14.0. The number of carbonyl (C=O) groups is 3. The smallest absolute Gasteiger partial charge is 0.357 e. The van der Waals surface area contributed by atoms with E-state index in [0.717, 1.165) is 34.4 Å². The molecule has 4 atom stereocenters. The number of hydrogen-bond acceptors (Lipinski definition) is 4. The number of hydrogen-bond donors (Lipinski definition) is 1. The number of imide groups is 1. The first kappa shape index (κ1) is 24.9. The van der Waals surface area contributed by atoms with Gasteiger partial charge in [0.25, 0.3) is 0 Å². The van der Waals surface area contributed by atoms with Gasteiger partial charge in [0.05, 0.1) is 29.1 Å². The van der Waals surface area contributed by atoms with E-state index in [2.05, 4.69) is 5.32 Å². The second kappa shape index (κ2) is 8.83. The maximum Gasteiger partial charge on any atom is 0.416 e. The van der Waals surface area contributed by atoms with Crippen LogP contribution in [0.15, 0.2) is 72.9 Å². The Morgan fingerprint density at radius 3 is 2.38 bits per heavy atom. The third-order valence-corrected chi connectivity index (χ3v) is 7.78. The van der Waals surface area contributed by atoms with Gasteiger partial charge in [0.1, 0.15) is 6.04 Å². The van der Waals surface area contributed by atoms with Crippen molar-refractivity contribution in [2.75, 3.05) is 10.2 Å². The quantitative estimate of drug-likeness (QED) is 0.455. The summed E-state index contributed by atoms with van der Waals surface area (Å²) in [6, 6.07) is 15.6. The fourth-order valence-corrected chi connectivity index (χ4v) is 6.14. The van der Waals surface area contributed by atoms with Gasteiger partial charge in [-0.15, -0.1) is 0 Å². The molecule has 0 aromatic heterocycles. The summed E-state index contributed by atoms with van der Waals surface area (Å²) in [6.45, 7) is 3.73. The number of alkyl halides is 3. The van der Waals surface area contributed by atoms with Gasteiger partial charge in [0.2, 0.25) is 17.7 Å². The summed E-state index contributed by atoms with van der Waals surface area (Å²) in [5.41, 5.74) is 2.94. The third-order valence-electron chi connectivity index (χ3n) is 7.78. The van der Waals surface area contributed by atoms with Crippen molar-refractivity contribution in [3.8, 4) is 0 Å². The van der Waals surface area contributed by atoms with Crippen molar-refractivity contribution in [1.29, 1.82) is 0 Å². The number of benzene rings is 3. The molecule has 0 saturated carbocycles. The lowest BCUT2D eigenvalue weighted by atomic mass is 9.84. The Morgan fingerprint density at radius 1 is 0.897 bits per heavy atom. The number of halogens is 3. The number of rotatable bonds is 3. The first-order valence-electron chi connectivity index (χ1n) is 12.5. The van der Waals surface area contributed by atoms with Crippen molar-refractivity contribution in [3.63, 3.8) is 0 Å². The topological polar surface area (TPSA) is 69.7 Å². The van der Waals surface area contributed by atoms with Crippen LogP contribution in [0, 0.1) is 25.7 Å². The van der Waals surface area contributed by atoms with Gasteiger partial charge in [0.15, 0.2) is 0 Å². The van der Waals surface area contributed by atoms with Crippen molar-refractivity contribution < 1.29 is 27.6 Å². The molecule has 0 aliphatic carbocycles. The van der Waals surface area contributed by atoms with E-state index >= 15 is 0 Å². The highest BCUT2D eigenvalue weighted by Gasteiger charge is 2.64. The Bertz CT molecular complexity index is 1560. The molecule has 6 rings (SSSR count). The van der Waals surface area contributed by atoms with Crippen LogP contribution in [0.2, 0.25) is 0 Å². The molecule has 0 unspecified atom stereocenters. The Morgan fingerprint density at radius 2 is 1.64 bits per heavy atom. The largest absolute Gasteiger partial charge is 0.416 e. The van der Waals surface area contributed by atoms with Gasteiger partial charge in [-0.1, -0.05) is 48.0 Å². The van der Waals surface area contributed by atoms with Gasteiger partial charge in [0, 0.05) is 11.9 Å². The Labute approximate surface area is 222 Å². The molecule has 3 aliphatic rings. The van der Waals surface area contributed by atoms with E-state index in [9.17, 15) is 27.6 Å². The van der Waals surface area contributed by atoms with Crippen molar-refractivity contribution in [2.45, 2.75) is 32.1 Å². The molecule has 198 valence electrons. The zero-order valence-corrected chi connectivity index (χ0v) is 21.1. The average Bonchev–Trinajstić information content (AvgIpc) is 3.37. The van der Waals surface area contributed by atoms with Crippen LogP contribution in [0.25, 0.3) is 6.08 Å². The van der Waals surface area contributed by atoms with E-state index in [1.54, 1.807) is 17.2 Å².